The number of hydrazone groups is 1. The minimum absolute atomic E-state index is 0.0365. The average molecular weight is 485 g/mol. The normalized spacial score (nSPS) is 11.1. The molecule has 0 saturated carbocycles. The summed E-state index contributed by atoms with van der Waals surface area (Å²) in [6, 6.07) is 15.9. The van der Waals surface area contributed by atoms with Gasteiger partial charge in [0.1, 0.15) is 12.4 Å². The molecule has 11 heteroatoms. The Morgan fingerprint density at radius 3 is 2.21 bits per heavy atom. The highest BCUT2D eigenvalue weighted by Gasteiger charge is 2.27. The minimum atomic E-state index is -4.04. The van der Waals surface area contributed by atoms with E-state index in [0.717, 1.165) is 4.31 Å². The van der Waals surface area contributed by atoms with E-state index in [1.54, 1.807) is 42.5 Å². The number of aromatic nitrogens is 1. The van der Waals surface area contributed by atoms with Crippen LogP contribution in [0.1, 0.15) is 5.56 Å². The summed E-state index contributed by atoms with van der Waals surface area (Å²) in [7, 11) is 0.421. The summed E-state index contributed by atoms with van der Waals surface area (Å²) in [5.41, 5.74) is 2.91. The van der Waals surface area contributed by atoms with E-state index in [4.69, 9.17) is 14.2 Å². The SMILES string of the molecule is COc1cc(/C=N\NC(=O)CN(c2ccccn2)S(=O)(=O)c2ccccc2)cc(OC)c1OC. The zero-order valence-corrected chi connectivity index (χ0v) is 19.7. The summed E-state index contributed by atoms with van der Waals surface area (Å²) in [5, 5.41) is 3.93. The number of hydrogen-bond acceptors (Lipinski definition) is 8. The van der Waals surface area contributed by atoms with Crippen LogP contribution in [0.4, 0.5) is 5.82 Å². The third-order valence-corrected chi connectivity index (χ3v) is 6.38. The van der Waals surface area contributed by atoms with Crippen LogP contribution in [-0.2, 0) is 14.8 Å². The summed E-state index contributed by atoms with van der Waals surface area (Å²) in [6.07, 6.45) is 2.82. The first-order valence-electron chi connectivity index (χ1n) is 10.0. The lowest BCUT2D eigenvalue weighted by molar-refractivity contribution is -0.119. The Balaban J connectivity index is 1.80. The molecule has 0 atom stereocenters. The van der Waals surface area contributed by atoms with Gasteiger partial charge < -0.3 is 14.2 Å². The lowest BCUT2D eigenvalue weighted by Crippen LogP contribution is -2.40. The molecule has 1 N–H and O–H groups in total. The maximum atomic E-state index is 13.2. The van der Waals surface area contributed by atoms with E-state index >= 15 is 0 Å². The predicted molar refractivity (Wildman–Crippen MR) is 127 cm³/mol. The Morgan fingerprint density at radius 1 is 1.00 bits per heavy atom. The molecule has 0 saturated heterocycles. The predicted octanol–water partition coefficient (Wildman–Crippen LogP) is 2.45. The number of nitrogens with one attached hydrogen (secondary N) is 1. The van der Waals surface area contributed by atoms with Gasteiger partial charge >= 0.3 is 0 Å². The highest BCUT2D eigenvalue weighted by atomic mass is 32.2. The van der Waals surface area contributed by atoms with Crippen molar-refractivity contribution in [3.8, 4) is 17.2 Å². The van der Waals surface area contributed by atoms with Crippen molar-refractivity contribution in [2.24, 2.45) is 5.10 Å². The summed E-state index contributed by atoms with van der Waals surface area (Å²) in [4.78, 5) is 16.7. The number of anilines is 1. The van der Waals surface area contributed by atoms with Crippen LogP contribution in [-0.4, -0.2) is 53.4 Å². The molecule has 2 aromatic carbocycles. The number of carbonyl (C=O) groups excluding carboxylic acids is 1. The van der Waals surface area contributed by atoms with Crippen molar-refractivity contribution in [2.45, 2.75) is 4.90 Å². The maximum Gasteiger partial charge on any atom is 0.265 e. The molecule has 1 amide bonds. The summed E-state index contributed by atoms with van der Waals surface area (Å²) >= 11 is 0. The number of carbonyl (C=O) groups is 1. The molecule has 0 spiro atoms. The molecule has 0 aliphatic rings. The van der Waals surface area contributed by atoms with Gasteiger partial charge in [0.25, 0.3) is 15.9 Å². The molecule has 3 aromatic rings. The van der Waals surface area contributed by atoms with E-state index in [0.29, 0.717) is 22.8 Å². The van der Waals surface area contributed by atoms with Gasteiger partial charge in [0.2, 0.25) is 5.75 Å². The number of nitrogens with zero attached hydrogens (tertiary/aromatic N) is 3. The molecule has 0 aliphatic carbocycles. The number of ether oxygens (including phenoxy) is 3. The van der Waals surface area contributed by atoms with Crippen molar-refractivity contribution >= 4 is 28.0 Å². The van der Waals surface area contributed by atoms with E-state index in [1.807, 2.05) is 0 Å². The van der Waals surface area contributed by atoms with Gasteiger partial charge in [0, 0.05) is 11.8 Å². The van der Waals surface area contributed by atoms with Crippen molar-refractivity contribution in [1.29, 1.82) is 0 Å². The Kier molecular flexibility index (Phi) is 8.04. The van der Waals surface area contributed by atoms with Gasteiger partial charge in [-0.1, -0.05) is 24.3 Å². The quantitative estimate of drug-likeness (QED) is 0.347. The molecule has 178 valence electrons. The molecular weight excluding hydrogens is 460 g/mol. The van der Waals surface area contributed by atoms with Crippen LogP contribution < -0.4 is 23.9 Å². The molecular formula is C23H24N4O6S. The number of rotatable bonds is 10. The average Bonchev–Trinajstić information content (AvgIpc) is 2.87. The second-order valence-electron chi connectivity index (χ2n) is 6.76. The van der Waals surface area contributed by atoms with Gasteiger partial charge in [-0.2, -0.15) is 5.10 Å². The van der Waals surface area contributed by atoms with Crippen LogP contribution in [0.25, 0.3) is 0 Å². The highest BCUT2D eigenvalue weighted by Crippen LogP contribution is 2.37. The van der Waals surface area contributed by atoms with E-state index < -0.39 is 22.5 Å². The van der Waals surface area contributed by atoms with Gasteiger partial charge in [-0.25, -0.2) is 23.1 Å². The first kappa shape index (κ1) is 24.5. The molecule has 0 bridgehead atoms. The lowest BCUT2D eigenvalue weighted by atomic mass is 10.2. The Hall–Kier alpha value is -4.12. The summed E-state index contributed by atoms with van der Waals surface area (Å²) in [6.45, 7) is -0.527. The zero-order chi connectivity index (χ0) is 24.6. The smallest absolute Gasteiger partial charge is 0.265 e. The number of amides is 1. The molecule has 0 aliphatic heterocycles. The second-order valence-corrected chi connectivity index (χ2v) is 8.63. The molecule has 0 unspecified atom stereocenters. The monoisotopic (exact) mass is 484 g/mol. The number of methoxy groups -OCH3 is 3. The van der Waals surface area contributed by atoms with Gasteiger partial charge in [-0.15, -0.1) is 0 Å². The number of pyridine rings is 1. The first-order chi connectivity index (χ1) is 16.4. The van der Waals surface area contributed by atoms with Crippen molar-refractivity contribution in [2.75, 3.05) is 32.2 Å². The van der Waals surface area contributed by atoms with Gasteiger partial charge in [0.05, 0.1) is 32.4 Å². The molecule has 10 nitrogen and oxygen atoms in total. The van der Waals surface area contributed by atoms with Gasteiger partial charge in [0.15, 0.2) is 11.5 Å². The molecule has 3 rings (SSSR count). The number of benzene rings is 2. The van der Waals surface area contributed by atoms with E-state index in [2.05, 4.69) is 15.5 Å². The van der Waals surface area contributed by atoms with E-state index in [1.165, 1.54) is 51.9 Å². The third-order valence-electron chi connectivity index (χ3n) is 4.61. The van der Waals surface area contributed by atoms with Crippen LogP contribution in [0.5, 0.6) is 17.2 Å². The van der Waals surface area contributed by atoms with Gasteiger partial charge in [-0.3, -0.25) is 4.79 Å². The fourth-order valence-corrected chi connectivity index (χ4v) is 4.43. The van der Waals surface area contributed by atoms with E-state index in [-0.39, 0.29) is 10.7 Å². The Bertz CT molecular complexity index is 1230. The van der Waals surface area contributed by atoms with Crippen molar-refractivity contribution < 1.29 is 27.4 Å². The maximum absolute atomic E-state index is 13.2. The minimum Gasteiger partial charge on any atom is -0.493 e. The molecule has 34 heavy (non-hydrogen) atoms. The Labute approximate surface area is 197 Å². The van der Waals surface area contributed by atoms with E-state index in [9.17, 15) is 13.2 Å². The first-order valence-corrected chi connectivity index (χ1v) is 11.5. The van der Waals surface area contributed by atoms with Crippen molar-refractivity contribution in [3.05, 3.63) is 72.4 Å². The number of hydrogen-bond donors (Lipinski definition) is 1. The van der Waals surface area contributed by atoms with Crippen LogP contribution >= 0.6 is 0 Å². The largest absolute Gasteiger partial charge is 0.493 e. The number of sulfonamides is 1. The summed E-state index contributed by atoms with van der Waals surface area (Å²) < 4.78 is 43.2. The molecule has 0 radical (unpaired) electrons. The second kappa shape index (κ2) is 11.1. The Morgan fingerprint density at radius 2 is 1.65 bits per heavy atom. The molecule has 1 heterocycles. The lowest BCUT2D eigenvalue weighted by Gasteiger charge is -2.22. The van der Waals surface area contributed by atoms with Crippen molar-refractivity contribution in [3.63, 3.8) is 0 Å². The van der Waals surface area contributed by atoms with Gasteiger partial charge in [-0.05, 0) is 36.4 Å². The standard InChI is InChI=1S/C23H24N4O6S/c1-31-19-13-17(14-20(32-2)23(19)33-3)15-25-26-22(28)16-27(21-11-7-8-12-24-21)34(29,30)18-9-5-4-6-10-18/h4-15H,16H2,1-3H3,(H,26,28)/b25-15-. The third kappa shape index (κ3) is 5.62. The fourth-order valence-electron chi connectivity index (χ4n) is 3.03. The van der Waals surface area contributed by atoms with Crippen LogP contribution in [0.2, 0.25) is 0 Å². The van der Waals surface area contributed by atoms with Crippen molar-refractivity contribution in [1.82, 2.24) is 10.4 Å². The zero-order valence-electron chi connectivity index (χ0n) is 18.8. The molecule has 0 fully saturated rings. The molecule has 1 aromatic heterocycles. The highest BCUT2D eigenvalue weighted by molar-refractivity contribution is 7.92. The fraction of sp³-hybridized carbons (Fsp3) is 0.174. The topological polar surface area (TPSA) is 119 Å². The summed E-state index contributed by atoms with van der Waals surface area (Å²) in [5.74, 6) is 0.710. The van der Waals surface area contributed by atoms with Crippen LogP contribution in [0, 0.1) is 0 Å². The van der Waals surface area contributed by atoms with Crippen LogP contribution in [0.3, 0.4) is 0 Å². The van der Waals surface area contributed by atoms with Crippen LogP contribution in [0.15, 0.2) is 76.9 Å².